The first-order chi connectivity index (χ1) is 6.57. The van der Waals surface area contributed by atoms with Crippen LogP contribution in [0.3, 0.4) is 0 Å². The average molecular weight is 202 g/mol. The van der Waals surface area contributed by atoms with Gasteiger partial charge in [0.15, 0.2) is 5.82 Å². The predicted octanol–water partition coefficient (Wildman–Crippen LogP) is 1.93. The summed E-state index contributed by atoms with van der Waals surface area (Å²) in [6, 6.07) is 1.56. The molecule has 0 amide bonds. The Bertz CT molecular complexity index is 387. The van der Waals surface area contributed by atoms with Crippen molar-refractivity contribution in [1.82, 2.24) is 4.98 Å². The molecule has 0 atom stereocenters. The summed E-state index contributed by atoms with van der Waals surface area (Å²) in [4.78, 5) is 3.04. The lowest BCUT2D eigenvalue weighted by molar-refractivity contribution is 0.140. The van der Waals surface area contributed by atoms with E-state index in [0.717, 1.165) is 0 Å². The molecule has 0 bridgehead atoms. The largest absolute Gasteiger partial charge is 0.506 e. The molecule has 74 valence electrons. The van der Waals surface area contributed by atoms with Gasteiger partial charge in [0, 0.05) is 5.56 Å². The Kier molecular flexibility index (Phi) is 2.92. The highest BCUT2D eigenvalue weighted by Crippen LogP contribution is 2.27. The topological polar surface area (TPSA) is 56.9 Å². The molecule has 0 aliphatic carbocycles. The van der Waals surface area contributed by atoms with E-state index in [1.807, 2.05) is 0 Å². The summed E-state index contributed by atoms with van der Waals surface area (Å²) in [6.07, 6.45) is -2.83. The summed E-state index contributed by atoms with van der Waals surface area (Å²) in [7, 11) is 0. The molecule has 0 spiro atoms. The van der Waals surface area contributed by atoms with Gasteiger partial charge in [-0.05, 0) is 0 Å². The van der Waals surface area contributed by atoms with Crippen molar-refractivity contribution in [3.63, 3.8) is 0 Å². The lowest BCUT2D eigenvalue weighted by atomic mass is 10.1. The van der Waals surface area contributed by atoms with Crippen LogP contribution < -0.4 is 0 Å². The van der Waals surface area contributed by atoms with Gasteiger partial charge in [0.1, 0.15) is 11.4 Å². The van der Waals surface area contributed by atoms with Crippen LogP contribution >= 0.6 is 0 Å². The minimum atomic E-state index is -3.06. The van der Waals surface area contributed by atoms with Gasteiger partial charge in [-0.25, -0.2) is 18.2 Å². The number of alkyl halides is 2. The summed E-state index contributed by atoms with van der Waals surface area (Å²) in [5, 5.41) is 17.3. The molecule has 0 fully saturated rings. The molecule has 1 heterocycles. The van der Waals surface area contributed by atoms with E-state index >= 15 is 0 Å². The molecule has 0 aromatic carbocycles. The Morgan fingerprint density at radius 1 is 1.57 bits per heavy atom. The van der Waals surface area contributed by atoms with Crippen molar-refractivity contribution in [2.24, 2.45) is 0 Å². The number of aromatic nitrogens is 1. The van der Waals surface area contributed by atoms with Crippen LogP contribution in [0.1, 0.15) is 17.7 Å². The van der Waals surface area contributed by atoms with E-state index in [4.69, 9.17) is 10.4 Å². The highest BCUT2D eigenvalue weighted by Gasteiger charge is 2.20. The van der Waals surface area contributed by atoms with Gasteiger partial charge in [-0.1, -0.05) is 0 Å². The predicted molar refractivity (Wildman–Crippen MR) is 40.1 cm³/mol. The second kappa shape index (κ2) is 3.96. The molecule has 0 saturated heterocycles. The van der Waals surface area contributed by atoms with Crippen LogP contribution in [0.5, 0.6) is 5.75 Å². The van der Waals surface area contributed by atoms with E-state index in [1.54, 1.807) is 6.07 Å². The second-order valence-corrected chi connectivity index (χ2v) is 2.46. The number of aromatic hydroxyl groups is 1. The van der Waals surface area contributed by atoms with Gasteiger partial charge in [0.2, 0.25) is 0 Å². The Hall–Kier alpha value is -1.77. The van der Waals surface area contributed by atoms with Crippen LogP contribution in [0.4, 0.5) is 13.2 Å². The number of rotatable bonds is 2. The molecule has 3 nitrogen and oxygen atoms in total. The van der Waals surface area contributed by atoms with Gasteiger partial charge < -0.3 is 5.11 Å². The van der Waals surface area contributed by atoms with Crippen LogP contribution in [0, 0.1) is 17.1 Å². The summed E-state index contributed by atoms with van der Waals surface area (Å²) >= 11 is 0. The highest BCUT2D eigenvalue weighted by atomic mass is 19.3. The van der Waals surface area contributed by atoms with E-state index in [0.29, 0.717) is 6.20 Å². The first-order valence-corrected chi connectivity index (χ1v) is 3.59. The van der Waals surface area contributed by atoms with Crippen LogP contribution in [-0.4, -0.2) is 10.1 Å². The fourth-order valence-corrected chi connectivity index (χ4v) is 0.932. The smallest absolute Gasteiger partial charge is 0.283 e. The molecular formula is C8H5F3N2O. The molecule has 1 rings (SSSR count). The van der Waals surface area contributed by atoms with Crippen molar-refractivity contribution in [1.29, 1.82) is 5.26 Å². The number of nitriles is 1. The van der Waals surface area contributed by atoms with E-state index in [1.165, 1.54) is 0 Å². The summed E-state index contributed by atoms with van der Waals surface area (Å²) in [5.74, 6) is -1.91. The summed E-state index contributed by atoms with van der Waals surface area (Å²) < 4.78 is 37.3. The molecule has 0 radical (unpaired) electrons. The van der Waals surface area contributed by atoms with Gasteiger partial charge >= 0.3 is 0 Å². The van der Waals surface area contributed by atoms with Crippen molar-refractivity contribution >= 4 is 0 Å². The van der Waals surface area contributed by atoms with Crippen LogP contribution in [0.15, 0.2) is 6.20 Å². The van der Waals surface area contributed by atoms with Crippen LogP contribution in [0.25, 0.3) is 0 Å². The molecule has 1 aromatic heterocycles. The van der Waals surface area contributed by atoms with E-state index in [-0.39, 0.29) is 0 Å². The molecule has 14 heavy (non-hydrogen) atoms. The second-order valence-electron chi connectivity index (χ2n) is 2.46. The first kappa shape index (κ1) is 10.3. The monoisotopic (exact) mass is 202 g/mol. The minimum Gasteiger partial charge on any atom is -0.506 e. The van der Waals surface area contributed by atoms with Crippen molar-refractivity contribution < 1.29 is 18.3 Å². The van der Waals surface area contributed by atoms with Gasteiger partial charge in [-0.15, -0.1) is 0 Å². The maximum absolute atomic E-state index is 13.1. The first-order valence-electron chi connectivity index (χ1n) is 3.59. The van der Waals surface area contributed by atoms with E-state index < -0.39 is 35.7 Å². The lowest BCUT2D eigenvalue weighted by Crippen LogP contribution is -2.00. The molecule has 0 aliphatic rings. The van der Waals surface area contributed by atoms with Gasteiger partial charge in [-0.2, -0.15) is 5.26 Å². The zero-order chi connectivity index (χ0) is 10.7. The Labute approximate surface area is 77.4 Å². The quantitative estimate of drug-likeness (QED) is 0.797. The standard InChI is InChI=1S/C8H5F3N2O/c9-6-4(1-2-12)5(14)3-13-7(6)8(10)11/h3,8,14H,1H2. The molecule has 0 saturated carbocycles. The number of nitrogens with zero attached hydrogens (tertiary/aromatic N) is 2. The Morgan fingerprint density at radius 3 is 2.71 bits per heavy atom. The van der Waals surface area contributed by atoms with Crippen LogP contribution in [-0.2, 0) is 6.42 Å². The average Bonchev–Trinajstić information content (AvgIpc) is 2.11. The molecule has 0 unspecified atom stereocenters. The molecule has 1 N–H and O–H groups in total. The lowest BCUT2D eigenvalue weighted by Gasteiger charge is -2.05. The third-order valence-corrected chi connectivity index (χ3v) is 1.59. The SMILES string of the molecule is N#CCc1c(O)cnc(C(F)F)c1F. The Balaban J connectivity index is 3.27. The fourth-order valence-electron chi connectivity index (χ4n) is 0.932. The van der Waals surface area contributed by atoms with E-state index in [2.05, 4.69) is 4.98 Å². The van der Waals surface area contributed by atoms with Crippen molar-refractivity contribution in [3.8, 4) is 11.8 Å². The van der Waals surface area contributed by atoms with E-state index in [9.17, 15) is 13.2 Å². The third-order valence-electron chi connectivity index (χ3n) is 1.59. The Morgan fingerprint density at radius 2 is 2.21 bits per heavy atom. The third kappa shape index (κ3) is 1.76. The summed E-state index contributed by atoms with van der Waals surface area (Å²) in [6.45, 7) is 0. The normalized spacial score (nSPS) is 10.2. The molecule has 1 aromatic rings. The summed E-state index contributed by atoms with van der Waals surface area (Å²) in [5.41, 5.74) is -1.49. The van der Waals surface area contributed by atoms with Crippen molar-refractivity contribution in [2.45, 2.75) is 12.8 Å². The number of halogens is 3. The van der Waals surface area contributed by atoms with Gasteiger partial charge in [0.05, 0.1) is 18.7 Å². The zero-order valence-corrected chi connectivity index (χ0v) is 6.84. The minimum absolute atomic E-state index is 0.446. The number of pyridine rings is 1. The van der Waals surface area contributed by atoms with Crippen molar-refractivity contribution in [3.05, 3.63) is 23.3 Å². The maximum atomic E-state index is 13.1. The number of hydrogen-bond acceptors (Lipinski definition) is 3. The number of hydrogen-bond donors (Lipinski definition) is 1. The maximum Gasteiger partial charge on any atom is 0.283 e. The molecule has 0 aliphatic heterocycles. The van der Waals surface area contributed by atoms with Gasteiger partial charge in [-0.3, -0.25) is 0 Å². The van der Waals surface area contributed by atoms with Crippen LogP contribution in [0.2, 0.25) is 0 Å². The molecule has 6 heteroatoms. The zero-order valence-electron chi connectivity index (χ0n) is 6.84. The fraction of sp³-hybridized carbons (Fsp3) is 0.250. The highest BCUT2D eigenvalue weighted by molar-refractivity contribution is 5.35. The van der Waals surface area contributed by atoms with Crippen molar-refractivity contribution in [2.75, 3.05) is 0 Å². The molecular weight excluding hydrogens is 197 g/mol. The van der Waals surface area contributed by atoms with Gasteiger partial charge in [0.25, 0.3) is 6.43 Å².